The number of hydrogen-bond donors (Lipinski definition) is 1. The van der Waals surface area contributed by atoms with Crippen molar-refractivity contribution >= 4 is 35.4 Å². The minimum absolute atomic E-state index is 0.0271. The molecule has 1 N–H and O–H groups in total. The number of hydrogen-bond acceptors (Lipinski definition) is 5. The summed E-state index contributed by atoms with van der Waals surface area (Å²) in [4.78, 5) is -0.280. The van der Waals surface area contributed by atoms with Gasteiger partial charge < -0.3 is 4.74 Å². The number of benzene rings is 1. The molecule has 6 nitrogen and oxygen atoms in total. The first-order chi connectivity index (χ1) is 8.04. The number of halogens is 1. The van der Waals surface area contributed by atoms with Crippen molar-refractivity contribution < 1.29 is 21.6 Å². The predicted octanol–water partition coefficient (Wildman–Crippen LogP) is 1.30. The van der Waals surface area contributed by atoms with Crippen LogP contribution in [-0.4, -0.2) is 30.2 Å². The Balaban J connectivity index is 3.58. The van der Waals surface area contributed by atoms with Crippen LogP contribution >= 0.6 is 10.7 Å². The van der Waals surface area contributed by atoms with Gasteiger partial charge in [0.1, 0.15) is 4.90 Å². The first kappa shape index (κ1) is 15.1. The number of aryl methyl sites for hydroxylation is 1. The van der Waals surface area contributed by atoms with Gasteiger partial charge in [0.05, 0.1) is 19.1 Å². The molecule has 0 atom stereocenters. The molecule has 0 amide bonds. The van der Waals surface area contributed by atoms with Crippen molar-refractivity contribution in [1.29, 1.82) is 0 Å². The zero-order valence-electron chi connectivity index (χ0n) is 9.89. The Morgan fingerprint density at radius 1 is 1.22 bits per heavy atom. The summed E-state index contributed by atoms with van der Waals surface area (Å²) < 4.78 is 52.3. The van der Waals surface area contributed by atoms with Gasteiger partial charge in [-0.2, -0.15) is 0 Å². The van der Waals surface area contributed by atoms with Crippen molar-refractivity contribution in [2.24, 2.45) is 0 Å². The quantitative estimate of drug-likeness (QED) is 0.846. The van der Waals surface area contributed by atoms with E-state index in [0.29, 0.717) is 5.56 Å². The summed E-state index contributed by atoms with van der Waals surface area (Å²) >= 11 is 0. The van der Waals surface area contributed by atoms with Crippen molar-refractivity contribution in [3.63, 3.8) is 0 Å². The molecule has 0 aliphatic heterocycles. The van der Waals surface area contributed by atoms with E-state index in [2.05, 4.69) is 4.72 Å². The van der Waals surface area contributed by atoms with Gasteiger partial charge in [0, 0.05) is 10.7 Å². The van der Waals surface area contributed by atoms with E-state index in [1.54, 1.807) is 6.92 Å². The highest BCUT2D eigenvalue weighted by molar-refractivity contribution is 8.13. The predicted molar refractivity (Wildman–Crippen MR) is 69.2 cm³/mol. The number of sulfonamides is 1. The fourth-order valence-electron chi connectivity index (χ4n) is 1.41. The van der Waals surface area contributed by atoms with Gasteiger partial charge in [-0.1, -0.05) is 0 Å². The molecule has 9 heteroatoms. The van der Waals surface area contributed by atoms with Gasteiger partial charge in [-0.25, -0.2) is 16.8 Å². The van der Waals surface area contributed by atoms with E-state index >= 15 is 0 Å². The van der Waals surface area contributed by atoms with Gasteiger partial charge in [0.2, 0.25) is 10.0 Å². The summed E-state index contributed by atoms with van der Waals surface area (Å²) in [5.41, 5.74) is 0.556. The van der Waals surface area contributed by atoms with Crippen LogP contribution in [0.5, 0.6) is 5.75 Å². The van der Waals surface area contributed by atoms with Gasteiger partial charge in [0.15, 0.2) is 5.75 Å². The third-order valence-corrected chi connectivity index (χ3v) is 3.88. The van der Waals surface area contributed by atoms with Crippen LogP contribution in [0, 0.1) is 6.92 Å². The van der Waals surface area contributed by atoms with E-state index in [9.17, 15) is 16.8 Å². The van der Waals surface area contributed by atoms with Crippen molar-refractivity contribution in [3.8, 4) is 5.75 Å². The smallest absolute Gasteiger partial charge is 0.265 e. The van der Waals surface area contributed by atoms with Crippen molar-refractivity contribution in [2.75, 3.05) is 18.1 Å². The van der Waals surface area contributed by atoms with Gasteiger partial charge in [-0.3, -0.25) is 4.72 Å². The Kier molecular flexibility index (Phi) is 4.14. The Morgan fingerprint density at radius 2 is 1.78 bits per heavy atom. The Labute approximate surface area is 110 Å². The SMILES string of the molecule is COc1c(NS(C)(=O)=O)cc(C)cc1S(=O)(=O)Cl. The van der Waals surface area contributed by atoms with Crippen LogP contribution in [0.15, 0.2) is 17.0 Å². The summed E-state index contributed by atoms with van der Waals surface area (Å²) in [5.74, 6) is -0.138. The maximum absolute atomic E-state index is 11.4. The van der Waals surface area contributed by atoms with Gasteiger partial charge in [-0.05, 0) is 24.6 Å². The molecule has 0 saturated carbocycles. The molecule has 1 aromatic rings. The average Bonchev–Trinajstić information content (AvgIpc) is 2.12. The molecule has 18 heavy (non-hydrogen) atoms. The lowest BCUT2D eigenvalue weighted by atomic mass is 10.2. The first-order valence-electron chi connectivity index (χ1n) is 4.65. The number of ether oxygens (including phenoxy) is 1. The van der Waals surface area contributed by atoms with E-state index in [-0.39, 0.29) is 16.3 Å². The first-order valence-corrected chi connectivity index (χ1v) is 8.86. The lowest BCUT2D eigenvalue weighted by Gasteiger charge is -2.13. The molecule has 0 radical (unpaired) electrons. The second-order valence-electron chi connectivity index (χ2n) is 3.66. The molecular formula is C9H12ClNO5S2. The molecule has 0 aromatic heterocycles. The summed E-state index contributed by atoms with van der Waals surface area (Å²) in [6.45, 7) is 1.61. The average molecular weight is 314 g/mol. The zero-order chi connectivity index (χ0) is 14.1. The maximum atomic E-state index is 11.4. The maximum Gasteiger partial charge on any atom is 0.265 e. The van der Waals surface area contributed by atoms with Gasteiger partial charge >= 0.3 is 0 Å². The monoisotopic (exact) mass is 313 g/mol. The van der Waals surface area contributed by atoms with Crippen LogP contribution in [0.25, 0.3) is 0 Å². The van der Waals surface area contributed by atoms with Crippen molar-refractivity contribution in [3.05, 3.63) is 17.7 Å². The van der Waals surface area contributed by atoms with Crippen LogP contribution in [-0.2, 0) is 19.1 Å². The van der Waals surface area contributed by atoms with E-state index in [1.165, 1.54) is 19.2 Å². The van der Waals surface area contributed by atoms with Gasteiger partial charge in [-0.15, -0.1) is 0 Å². The van der Waals surface area contributed by atoms with Crippen LogP contribution in [0.4, 0.5) is 5.69 Å². The Morgan fingerprint density at radius 3 is 2.17 bits per heavy atom. The number of methoxy groups -OCH3 is 1. The van der Waals surface area contributed by atoms with Crippen molar-refractivity contribution in [2.45, 2.75) is 11.8 Å². The minimum Gasteiger partial charge on any atom is -0.493 e. The standard InChI is InChI=1S/C9H12ClNO5S2/c1-6-4-7(11-17(3,12)13)9(16-2)8(5-6)18(10,14)15/h4-5,11H,1-3H3. The van der Waals surface area contributed by atoms with E-state index < -0.39 is 19.1 Å². The number of rotatable bonds is 4. The Hall–Kier alpha value is -0.990. The topological polar surface area (TPSA) is 89.5 Å². The normalized spacial score (nSPS) is 12.2. The summed E-state index contributed by atoms with van der Waals surface area (Å²) in [5, 5.41) is 0. The van der Waals surface area contributed by atoms with Crippen LogP contribution < -0.4 is 9.46 Å². The molecule has 102 valence electrons. The van der Waals surface area contributed by atoms with Crippen molar-refractivity contribution in [1.82, 2.24) is 0 Å². The molecule has 0 spiro atoms. The van der Waals surface area contributed by atoms with Crippen LogP contribution in [0.3, 0.4) is 0 Å². The fourth-order valence-corrected chi connectivity index (χ4v) is 3.04. The molecule has 0 heterocycles. The highest BCUT2D eigenvalue weighted by atomic mass is 35.7. The molecule has 1 rings (SSSR count). The molecule has 0 aliphatic rings. The third-order valence-electron chi connectivity index (χ3n) is 1.96. The second-order valence-corrected chi connectivity index (χ2v) is 7.94. The molecular weight excluding hydrogens is 302 g/mol. The van der Waals surface area contributed by atoms with Gasteiger partial charge in [0.25, 0.3) is 9.05 Å². The number of nitrogens with one attached hydrogen (secondary N) is 1. The van der Waals surface area contributed by atoms with Crippen LogP contribution in [0.2, 0.25) is 0 Å². The number of anilines is 1. The molecule has 1 aromatic carbocycles. The fraction of sp³-hybridized carbons (Fsp3) is 0.333. The molecule has 0 saturated heterocycles. The molecule has 0 aliphatic carbocycles. The largest absolute Gasteiger partial charge is 0.493 e. The third kappa shape index (κ3) is 3.76. The summed E-state index contributed by atoms with van der Waals surface area (Å²) in [6.07, 6.45) is 0.948. The zero-order valence-corrected chi connectivity index (χ0v) is 12.3. The van der Waals surface area contributed by atoms with E-state index in [1.807, 2.05) is 0 Å². The lowest BCUT2D eigenvalue weighted by Crippen LogP contribution is -2.12. The van der Waals surface area contributed by atoms with Crippen LogP contribution in [0.1, 0.15) is 5.56 Å². The summed E-state index contributed by atoms with van der Waals surface area (Å²) in [7, 11) is -1.09. The lowest BCUT2D eigenvalue weighted by molar-refractivity contribution is 0.405. The Bertz CT molecular complexity index is 666. The molecule has 0 unspecified atom stereocenters. The van der Waals surface area contributed by atoms with E-state index in [4.69, 9.17) is 15.4 Å². The van der Waals surface area contributed by atoms with E-state index in [0.717, 1.165) is 6.26 Å². The highest BCUT2D eigenvalue weighted by Gasteiger charge is 2.21. The molecule has 0 bridgehead atoms. The second kappa shape index (κ2) is 4.94. The highest BCUT2D eigenvalue weighted by Crippen LogP contribution is 2.35. The molecule has 0 fully saturated rings. The summed E-state index contributed by atoms with van der Waals surface area (Å²) in [6, 6.07) is 2.75. The minimum atomic E-state index is -4.03.